The van der Waals surface area contributed by atoms with Gasteiger partial charge in [0.15, 0.2) is 0 Å². The van der Waals surface area contributed by atoms with E-state index in [9.17, 15) is 14.7 Å². The predicted molar refractivity (Wildman–Crippen MR) is 73.4 cm³/mol. The van der Waals surface area contributed by atoms with E-state index >= 15 is 0 Å². The number of nitrogens with two attached hydrogens (primary N) is 1. The first-order chi connectivity index (χ1) is 9.31. The molecule has 4 unspecified atom stereocenters. The molecule has 2 N–H and O–H groups in total. The van der Waals surface area contributed by atoms with Crippen LogP contribution in [-0.4, -0.2) is 24.1 Å². The molecule has 1 aliphatic rings. The zero-order chi connectivity index (χ0) is 15.3. The molecule has 1 saturated carbocycles. The third-order valence-electron chi connectivity index (χ3n) is 4.19. The van der Waals surface area contributed by atoms with Crippen LogP contribution in [0.3, 0.4) is 0 Å². The molecule has 0 aromatic rings. The maximum absolute atomic E-state index is 11.9. The molecule has 4 atom stereocenters. The van der Waals surface area contributed by atoms with Crippen LogP contribution in [0, 0.1) is 17.8 Å². The average molecular weight is 284 g/mol. The molecule has 20 heavy (non-hydrogen) atoms. The lowest BCUT2D eigenvalue weighted by Crippen LogP contribution is -2.41. The van der Waals surface area contributed by atoms with Crippen molar-refractivity contribution in [2.75, 3.05) is 0 Å². The lowest BCUT2D eigenvalue weighted by atomic mass is 9.75. The Labute approximate surface area is 120 Å². The largest absolute Gasteiger partial charge is 0.550 e. The van der Waals surface area contributed by atoms with Crippen LogP contribution in [0.2, 0.25) is 0 Å². The van der Waals surface area contributed by atoms with E-state index < -0.39 is 18.0 Å². The molecule has 0 saturated heterocycles. The summed E-state index contributed by atoms with van der Waals surface area (Å²) < 4.78 is 5.55. The zero-order valence-electron chi connectivity index (χ0n) is 12.6. The topological polar surface area (TPSA) is 92.5 Å². The van der Waals surface area contributed by atoms with Gasteiger partial charge in [-0.25, -0.2) is 0 Å². The van der Waals surface area contributed by atoms with Crippen LogP contribution in [0.15, 0.2) is 0 Å². The Kier molecular flexibility index (Phi) is 6.46. The Morgan fingerprint density at radius 2 is 2.00 bits per heavy atom. The maximum Gasteiger partial charge on any atom is 0.323 e. The second kappa shape index (κ2) is 7.62. The Balaban J connectivity index is 2.54. The fourth-order valence-electron chi connectivity index (χ4n) is 2.88. The van der Waals surface area contributed by atoms with E-state index in [1.165, 1.54) is 0 Å². The van der Waals surface area contributed by atoms with E-state index in [0.717, 1.165) is 19.3 Å². The summed E-state index contributed by atoms with van der Waals surface area (Å²) in [6.45, 7) is 6.43. The van der Waals surface area contributed by atoms with Crippen molar-refractivity contribution < 1.29 is 19.4 Å². The second-order valence-electron chi connectivity index (χ2n) is 6.32. The van der Waals surface area contributed by atoms with Crippen molar-refractivity contribution in [2.24, 2.45) is 23.5 Å². The molecule has 0 heterocycles. The van der Waals surface area contributed by atoms with Gasteiger partial charge in [-0.05, 0) is 43.4 Å². The number of carboxylic acids is 1. The minimum atomic E-state index is -1.19. The summed E-state index contributed by atoms with van der Waals surface area (Å²) in [5, 5.41) is 10.4. The van der Waals surface area contributed by atoms with Gasteiger partial charge in [-0.15, -0.1) is 0 Å². The van der Waals surface area contributed by atoms with Crippen molar-refractivity contribution in [3.05, 3.63) is 0 Å². The molecule has 0 amide bonds. The smallest absolute Gasteiger partial charge is 0.323 e. The van der Waals surface area contributed by atoms with Crippen LogP contribution in [0.5, 0.6) is 0 Å². The Hall–Kier alpha value is -1.10. The van der Waals surface area contributed by atoms with Gasteiger partial charge in [0.25, 0.3) is 0 Å². The number of hydrogen-bond acceptors (Lipinski definition) is 5. The molecular weight excluding hydrogens is 258 g/mol. The standard InChI is InChI=1S/C15H27NO4/c1-9(2)11-5-4-10(3)8-13(11)20-15(19)12(16)6-7-14(17)18/h9-13H,4-8,16H2,1-3H3,(H,17,18)/p-1. The van der Waals surface area contributed by atoms with Gasteiger partial charge >= 0.3 is 5.97 Å². The Morgan fingerprint density at radius 3 is 2.55 bits per heavy atom. The van der Waals surface area contributed by atoms with Crippen LogP contribution in [0.4, 0.5) is 0 Å². The van der Waals surface area contributed by atoms with Crippen LogP contribution in [0.1, 0.15) is 52.9 Å². The fourth-order valence-corrected chi connectivity index (χ4v) is 2.88. The SMILES string of the molecule is CC1CCC(C(C)C)C(OC(=O)C(N)CCC(=O)[O-])C1. The highest BCUT2D eigenvalue weighted by Gasteiger charge is 2.34. The van der Waals surface area contributed by atoms with Gasteiger partial charge in [-0.3, -0.25) is 4.79 Å². The third-order valence-corrected chi connectivity index (χ3v) is 4.19. The highest BCUT2D eigenvalue weighted by molar-refractivity contribution is 5.76. The monoisotopic (exact) mass is 284 g/mol. The summed E-state index contributed by atoms with van der Waals surface area (Å²) in [6, 6.07) is -0.877. The molecule has 1 fully saturated rings. The van der Waals surface area contributed by atoms with E-state index in [-0.39, 0.29) is 18.9 Å². The van der Waals surface area contributed by atoms with Crippen molar-refractivity contribution in [3.63, 3.8) is 0 Å². The predicted octanol–water partition coefficient (Wildman–Crippen LogP) is 0.848. The number of carbonyl (C=O) groups excluding carboxylic acids is 2. The van der Waals surface area contributed by atoms with Crippen LogP contribution < -0.4 is 10.8 Å². The van der Waals surface area contributed by atoms with Gasteiger partial charge in [0.05, 0.1) is 0 Å². The average Bonchev–Trinajstić information content (AvgIpc) is 2.35. The first-order valence-corrected chi connectivity index (χ1v) is 7.47. The number of esters is 1. The molecule has 0 aromatic carbocycles. The first kappa shape index (κ1) is 17.0. The van der Waals surface area contributed by atoms with Gasteiger partial charge in [-0.2, -0.15) is 0 Å². The van der Waals surface area contributed by atoms with Crippen LogP contribution in [0.25, 0.3) is 0 Å². The number of hydrogen-bond donors (Lipinski definition) is 1. The third kappa shape index (κ3) is 5.12. The first-order valence-electron chi connectivity index (χ1n) is 7.47. The molecule has 0 spiro atoms. The Morgan fingerprint density at radius 1 is 1.35 bits per heavy atom. The summed E-state index contributed by atoms with van der Waals surface area (Å²) >= 11 is 0. The van der Waals surface area contributed by atoms with E-state index in [2.05, 4.69) is 20.8 Å². The fraction of sp³-hybridized carbons (Fsp3) is 0.867. The van der Waals surface area contributed by atoms with E-state index in [1.807, 2.05) is 0 Å². The number of aliphatic carboxylic acids is 1. The van der Waals surface area contributed by atoms with Crippen molar-refractivity contribution in [2.45, 2.75) is 65.0 Å². The molecule has 116 valence electrons. The molecule has 0 radical (unpaired) electrons. The van der Waals surface area contributed by atoms with Gasteiger partial charge in [0.2, 0.25) is 0 Å². The summed E-state index contributed by atoms with van der Waals surface area (Å²) in [6.07, 6.45) is 2.83. The number of rotatable bonds is 6. The van der Waals surface area contributed by atoms with E-state index in [4.69, 9.17) is 10.5 Å². The minimum Gasteiger partial charge on any atom is -0.550 e. The molecule has 1 rings (SSSR count). The van der Waals surface area contributed by atoms with Crippen LogP contribution in [-0.2, 0) is 14.3 Å². The number of carbonyl (C=O) groups is 2. The van der Waals surface area contributed by atoms with Crippen LogP contribution >= 0.6 is 0 Å². The molecule has 5 heteroatoms. The molecule has 0 bridgehead atoms. The van der Waals surface area contributed by atoms with Gasteiger partial charge in [-0.1, -0.05) is 27.2 Å². The van der Waals surface area contributed by atoms with Crippen molar-refractivity contribution >= 4 is 11.9 Å². The van der Waals surface area contributed by atoms with Gasteiger partial charge < -0.3 is 20.4 Å². The van der Waals surface area contributed by atoms with Crippen molar-refractivity contribution in [1.29, 1.82) is 0 Å². The molecule has 0 aromatic heterocycles. The Bertz CT molecular complexity index is 343. The summed E-state index contributed by atoms with van der Waals surface area (Å²) in [7, 11) is 0. The molecule has 5 nitrogen and oxygen atoms in total. The number of carboxylic acid groups (broad SMARTS) is 1. The highest BCUT2D eigenvalue weighted by Crippen LogP contribution is 2.35. The molecular formula is C15H26NO4-. The quantitative estimate of drug-likeness (QED) is 0.730. The number of ether oxygens (including phenoxy) is 1. The lowest BCUT2D eigenvalue weighted by molar-refractivity contribution is -0.305. The lowest BCUT2D eigenvalue weighted by Gasteiger charge is -2.37. The minimum absolute atomic E-state index is 0.0653. The highest BCUT2D eigenvalue weighted by atomic mass is 16.5. The maximum atomic E-state index is 11.9. The second-order valence-corrected chi connectivity index (χ2v) is 6.32. The summed E-state index contributed by atoms with van der Waals surface area (Å²) in [5.74, 6) is -0.318. The van der Waals surface area contributed by atoms with Crippen molar-refractivity contribution in [1.82, 2.24) is 0 Å². The zero-order valence-corrected chi connectivity index (χ0v) is 12.6. The normalized spacial score (nSPS) is 28.1. The van der Waals surface area contributed by atoms with Crippen molar-refractivity contribution in [3.8, 4) is 0 Å². The summed E-state index contributed by atoms with van der Waals surface area (Å²) in [5.41, 5.74) is 5.67. The molecule has 0 aliphatic heterocycles. The molecule has 1 aliphatic carbocycles. The van der Waals surface area contributed by atoms with E-state index in [1.54, 1.807) is 0 Å². The van der Waals surface area contributed by atoms with Gasteiger partial charge in [0, 0.05) is 5.97 Å². The summed E-state index contributed by atoms with van der Waals surface area (Å²) in [4.78, 5) is 22.3. The van der Waals surface area contributed by atoms with E-state index in [0.29, 0.717) is 17.8 Å². The van der Waals surface area contributed by atoms with Gasteiger partial charge in [0.1, 0.15) is 12.1 Å².